The highest BCUT2D eigenvalue weighted by molar-refractivity contribution is 7.10. The summed E-state index contributed by atoms with van der Waals surface area (Å²) in [6.07, 6.45) is 3.46. The molecule has 10 heavy (non-hydrogen) atoms. The highest BCUT2D eigenvalue weighted by Crippen LogP contribution is 2.14. The number of nitriles is 1. The second kappa shape index (κ2) is 3.14. The molecule has 0 aromatic carbocycles. The van der Waals surface area contributed by atoms with Crippen LogP contribution < -0.4 is 0 Å². The van der Waals surface area contributed by atoms with Crippen LogP contribution in [0.15, 0.2) is 17.7 Å². The molecule has 1 aromatic heterocycles. The van der Waals surface area contributed by atoms with E-state index in [0.717, 1.165) is 5.01 Å². The topological polar surface area (TPSA) is 36.7 Å². The van der Waals surface area contributed by atoms with Crippen molar-refractivity contribution in [1.82, 2.24) is 4.98 Å². The maximum Gasteiger partial charge on any atom is 0.133 e. The van der Waals surface area contributed by atoms with Gasteiger partial charge in [0.2, 0.25) is 0 Å². The van der Waals surface area contributed by atoms with Crippen molar-refractivity contribution in [1.29, 1.82) is 5.26 Å². The summed E-state index contributed by atoms with van der Waals surface area (Å²) in [5.74, 6) is 0. The molecule has 0 fully saturated rings. The maximum absolute atomic E-state index is 8.55. The highest BCUT2D eigenvalue weighted by atomic mass is 32.1. The monoisotopic (exact) mass is 150 g/mol. The minimum atomic E-state index is 0.648. The Morgan fingerprint density at radius 3 is 3.10 bits per heavy atom. The molecule has 0 aliphatic rings. The lowest BCUT2D eigenvalue weighted by Crippen LogP contribution is -1.75. The van der Waals surface area contributed by atoms with Crippen LogP contribution in [0.4, 0.5) is 0 Å². The second-order valence-corrected chi connectivity index (χ2v) is 2.55. The number of nitrogens with zero attached hydrogens (tertiary/aromatic N) is 2. The van der Waals surface area contributed by atoms with Crippen LogP contribution in [-0.4, -0.2) is 4.98 Å². The van der Waals surface area contributed by atoms with E-state index in [1.54, 1.807) is 12.3 Å². The van der Waals surface area contributed by atoms with Gasteiger partial charge in [-0.3, -0.25) is 0 Å². The van der Waals surface area contributed by atoms with E-state index in [1.807, 2.05) is 12.3 Å². The molecular formula is C7H6N2S. The first-order chi connectivity index (χ1) is 4.88. The largest absolute Gasteiger partial charge is 0.244 e. The molecule has 3 heteroatoms. The zero-order chi connectivity index (χ0) is 7.40. The fraction of sp³-hybridized carbons (Fsp3) is 0.143. The van der Waals surface area contributed by atoms with Crippen molar-refractivity contribution >= 4 is 16.9 Å². The Kier molecular flexibility index (Phi) is 2.19. The van der Waals surface area contributed by atoms with E-state index in [-0.39, 0.29) is 0 Å². The second-order valence-electron chi connectivity index (χ2n) is 1.65. The van der Waals surface area contributed by atoms with Gasteiger partial charge in [0.1, 0.15) is 11.1 Å². The van der Waals surface area contributed by atoms with Crippen LogP contribution in [0.3, 0.4) is 0 Å². The van der Waals surface area contributed by atoms with Crippen LogP contribution in [0.1, 0.15) is 11.9 Å². The van der Waals surface area contributed by atoms with Gasteiger partial charge in [-0.1, -0.05) is 6.08 Å². The fourth-order valence-corrected chi connectivity index (χ4v) is 1.26. The van der Waals surface area contributed by atoms with Crippen LogP contribution in [0, 0.1) is 11.3 Å². The van der Waals surface area contributed by atoms with Crippen molar-refractivity contribution in [3.8, 4) is 6.07 Å². The lowest BCUT2D eigenvalue weighted by atomic mass is 10.3. The predicted octanol–water partition coefficient (Wildman–Crippen LogP) is 2.07. The molecule has 0 spiro atoms. The first-order valence-electron chi connectivity index (χ1n) is 2.84. The van der Waals surface area contributed by atoms with E-state index >= 15 is 0 Å². The minimum Gasteiger partial charge on any atom is -0.244 e. The summed E-state index contributed by atoms with van der Waals surface area (Å²) in [5, 5.41) is 11.2. The first-order valence-corrected chi connectivity index (χ1v) is 3.72. The molecule has 50 valence electrons. The Morgan fingerprint density at radius 1 is 1.90 bits per heavy atom. The van der Waals surface area contributed by atoms with Gasteiger partial charge < -0.3 is 0 Å². The van der Waals surface area contributed by atoms with Crippen molar-refractivity contribution in [3.05, 3.63) is 22.7 Å². The normalized spacial score (nSPS) is 11.0. The van der Waals surface area contributed by atoms with Crippen molar-refractivity contribution in [2.75, 3.05) is 0 Å². The molecule has 0 bridgehead atoms. The molecule has 0 saturated carbocycles. The van der Waals surface area contributed by atoms with Gasteiger partial charge in [0, 0.05) is 11.6 Å². The lowest BCUT2D eigenvalue weighted by Gasteiger charge is -1.85. The summed E-state index contributed by atoms with van der Waals surface area (Å²) in [6.45, 7) is 1.83. The molecule has 1 heterocycles. The zero-order valence-electron chi connectivity index (χ0n) is 5.53. The van der Waals surface area contributed by atoms with Crippen molar-refractivity contribution in [3.63, 3.8) is 0 Å². The Morgan fingerprint density at radius 2 is 2.70 bits per heavy atom. The van der Waals surface area contributed by atoms with Gasteiger partial charge in [-0.25, -0.2) is 4.98 Å². The molecule has 0 saturated heterocycles. The van der Waals surface area contributed by atoms with Gasteiger partial charge in [0.25, 0.3) is 0 Å². The number of rotatable bonds is 1. The Labute approximate surface area is 63.5 Å². The van der Waals surface area contributed by atoms with Gasteiger partial charge in [0.05, 0.1) is 5.57 Å². The average molecular weight is 150 g/mol. The third kappa shape index (κ3) is 1.23. The van der Waals surface area contributed by atoms with E-state index in [9.17, 15) is 0 Å². The molecule has 1 aromatic rings. The quantitative estimate of drug-likeness (QED) is 0.574. The molecule has 2 nitrogen and oxygen atoms in total. The molecule has 0 atom stereocenters. The average Bonchev–Trinajstić information content (AvgIpc) is 2.43. The summed E-state index contributed by atoms with van der Waals surface area (Å²) in [7, 11) is 0. The molecule has 0 N–H and O–H groups in total. The standard InChI is InChI=1S/C7H6N2S/c1-2-6(5-8)7-9-3-4-10-7/h2-4H,1H3/b6-2+. The summed E-state index contributed by atoms with van der Waals surface area (Å²) in [6, 6.07) is 2.06. The van der Waals surface area contributed by atoms with E-state index in [0.29, 0.717) is 5.57 Å². The van der Waals surface area contributed by atoms with Crippen molar-refractivity contribution in [2.24, 2.45) is 0 Å². The van der Waals surface area contributed by atoms with Gasteiger partial charge in [-0.05, 0) is 6.92 Å². The smallest absolute Gasteiger partial charge is 0.133 e. The SMILES string of the molecule is C/C=C(\C#N)c1nccs1. The van der Waals surface area contributed by atoms with Crippen LogP contribution in [0.2, 0.25) is 0 Å². The maximum atomic E-state index is 8.55. The first kappa shape index (κ1) is 6.97. The van der Waals surface area contributed by atoms with Crippen LogP contribution >= 0.6 is 11.3 Å². The Bertz CT molecular complexity index is 266. The Hall–Kier alpha value is -1.14. The zero-order valence-corrected chi connectivity index (χ0v) is 6.35. The van der Waals surface area contributed by atoms with E-state index in [2.05, 4.69) is 11.1 Å². The molecule has 1 rings (SSSR count). The molecule has 0 aliphatic heterocycles. The molecule has 0 aliphatic carbocycles. The molecule has 0 amide bonds. The predicted molar refractivity (Wildman–Crippen MR) is 41.4 cm³/mol. The summed E-state index contributed by atoms with van der Waals surface area (Å²) >= 11 is 1.48. The lowest BCUT2D eigenvalue weighted by molar-refractivity contribution is 1.37. The van der Waals surface area contributed by atoms with Crippen molar-refractivity contribution < 1.29 is 0 Å². The van der Waals surface area contributed by atoms with Crippen molar-refractivity contribution in [2.45, 2.75) is 6.92 Å². The van der Waals surface area contributed by atoms with E-state index in [1.165, 1.54) is 11.3 Å². The third-order valence-corrected chi connectivity index (χ3v) is 1.88. The third-order valence-electron chi connectivity index (χ3n) is 1.07. The molecule has 0 radical (unpaired) electrons. The van der Waals surface area contributed by atoms with Crippen LogP contribution in [0.5, 0.6) is 0 Å². The summed E-state index contributed by atoms with van der Waals surface area (Å²) < 4.78 is 0. The van der Waals surface area contributed by atoms with E-state index < -0.39 is 0 Å². The Balaban J connectivity index is 2.99. The van der Waals surface area contributed by atoms with Gasteiger partial charge in [-0.15, -0.1) is 11.3 Å². The number of allylic oxidation sites excluding steroid dienone is 2. The van der Waals surface area contributed by atoms with Gasteiger partial charge >= 0.3 is 0 Å². The summed E-state index contributed by atoms with van der Waals surface area (Å²) in [4.78, 5) is 3.99. The van der Waals surface area contributed by atoms with Crippen LogP contribution in [-0.2, 0) is 0 Å². The van der Waals surface area contributed by atoms with Gasteiger partial charge in [0.15, 0.2) is 0 Å². The molecular weight excluding hydrogens is 144 g/mol. The van der Waals surface area contributed by atoms with E-state index in [4.69, 9.17) is 5.26 Å². The van der Waals surface area contributed by atoms with Crippen LogP contribution in [0.25, 0.3) is 5.57 Å². The number of hydrogen-bond donors (Lipinski definition) is 0. The highest BCUT2D eigenvalue weighted by Gasteiger charge is 1.99. The number of thiazole rings is 1. The fourth-order valence-electron chi connectivity index (χ4n) is 0.592. The molecule has 0 unspecified atom stereocenters. The summed E-state index contributed by atoms with van der Waals surface area (Å²) in [5.41, 5.74) is 0.648. The van der Waals surface area contributed by atoms with Gasteiger partial charge in [-0.2, -0.15) is 5.26 Å². The number of hydrogen-bond acceptors (Lipinski definition) is 3. The number of aromatic nitrogens is 1. The minimum absolute atomic E-state index is 0.648.